The molecule has 0 radical (unpaired) electrons. The van der Waals surface area contributed by atoms with E-state index in [9.17, 15) is 14.1 Å². The standard InChI is InChI=1S/C11H12N2O2.C5H11NO3S/c12-9(11(14)15)5-7-6-13-10-4-2-1-3-8(7)10;1-10(9)3-2-4(6)5(7)8/h1-4,6,9,13H,5,12H2,(H,14,15);4H,2-3,6H2,1H3,(H,7,8). The molecule has 2 rings (SSSR count). The number of H-pyrrole nitrogens is 1. The summed E-state index contributed by atoms with van der Waals surface area (Å²) in [6.07, 6.45) is 3.96. The lowest BCUT2D eigenvalue weighted by atomic mass is 10.1. The van der Waals surface area contributed by atoms with Gasteiger partial charge >= 0.3 is 11.9 Å². The molecule has 0 bridgehead atoms. The van der Waals surface area contributed by atoms with Gasteiger partial charge in [-0.15, -0.1) is 0 Å². The van der Waals surface area contributed by atoms with Crippen LogP contribution in [0.5, 0.6) is 0 Å². The number of carboxylic acid groups (broad SMARTS) is 2. The van der Waals surface area contributed by atoms with Gasteiger partial charge in [0.05, 0.1) is 6.26 Å². The molecule has 1 aromatic heterocycles. The van der Waals surface area contributed by atoms with E-state index in [0.717, 1.165) is 16.5 Å². The molecule has 25 heavy (non-hydrogen) atoms. The van der Waals surface area contributed by atoms with Crippen LogP contribution in [0.2, 0.25) is 0 Å². The molecular formula is C16H23N3O5S. The van der Waals surface area contributed by atoms with Crippen LogP contribution in [0.4, 0.5) is 0 Å². The first kappa shape index (κ1) is 21.0. The first-order valence-corrected chi connectivity index (χ1v) is 9.26. The number of carboxylic acids is 2. The van der Waals surface area contributed by atoms with E-state index in [1.54, 1.807) is 0 Å². The molecule has 9 heteroatoms. The van der Waals surface area contributed by atoms with E-state index in [4.69, 9.17) is 21.7 Å². The second-order valence-electron chi connectivity index (χ2n) is 5.52. The zero-order valence-corrected chi connectivity index (χ0v) is 14.7. The Kier molecular flexibility index (Phi) is 8.42. The summed E-state index contributed by atoms with van der Waals surface area (Å²) in [6, 6.07) is 6.04. The number of aromatic nitrogens is 1. The number of rotatable bonds is 7. The molecule has 0 saturated heterocycles. The number of benzene rings is 1. The van der Waals surface area contributed by atoms with E-state index in [1.807, 2.05) is 30.5 Å². The summed E-state index contributed by atoms with van der Waals surface area (Å²) in [5.74, 6) is -1.65. The zero-order valence-electron chi connectivity index (χ0n) is 13.8. The van der Waals surface area contributed by atoms with Crippen LogP contribution in [0.25, 0.3) is 10.9 Å². The average Bonchev–Trinajstić information content (AvgIpc) is 2.96. The summed E-state index contributed by atoms with van der Waals surface area (Å²) in [6.45, 7) is 0. The fourth-order valence-corrected chi connectivity index (χ4v) is 2.63. The maximum Gasteiger partial charge on any atom is 0.320 e. The average molecular weight is 369 g/mol. The van der Waals surface area contributed by atoms with Gasteiger partial charge in [0.25, 0.3) is 0 Å². The van der Waals surface area contributed by atoms with E-state index in [-0.39, 0.29) is 6.42 Å². The molecule has 0 spiro atoms. The highest BCUT2D eigenvalue weighted by atomic mass is 32.2. The largest absolute Gasteiger partial charge is 0.617 e. The van der Waals surface area contributed by atoms with Gasteiger partial charge in [0.2, 0.25) is 0 Å². The van der Waals surface area contributed by atoms with E-state index >= 15 is 0 Å². The fourth-order valence-electron chi connectivity index (χ4n) is 2.04. The minimum Gasteiger partial charge on any atom is -0.617 e. The van der Waals surface area contributed by atoms with Crippen molar-refractivity contribution in [2.75, 3.05) is 12.0 Å². The smallest absolute Gasteiger partial charge is 0.320 e. The van der Waals surface area contributed by atoms with Gasteiger partial charge < -0.3 is 31.2 Å². The van der Waals surface area contributed by atoms with Crippen LogP contribution in [0, 0.1) is 0 Å². The third-order valence-electron chi connectivity index (χ3n) is 3.47. The number of nitrogens with one attached hydrogen (secondary N) is 1. The summed E-state index contributed by atoms with van der Waals surface area (Å²) in [5, 5.41) is 18.0. The Labute approximate surface area is 148 Å². The van der Waals surface area contributed by atoms with Gasteiger partial charge in [0.1, 0.15) is 17.8 Å². The first-order chi connectivity index (χ1) is 11.7. The SMILES string of the molecule is C[S+]([O-])CCC(N)C(=O)O.NC(Cc1c[nH]c2ccccc12)C(=O)O. The predicted molar refractivity (Wildman–Crippen MR) is 96.8 cm³/mol. The molecule has 1 aromatic carbocycles. The summed E-state index contributed by atoms with van der Waals surface area (Å²) in [4.78, 5) is 23.8. The van der Waals surface area contributed by atoms with Crippen molar-refractivity contribution in [3.05, 3.63) is 36.0 Å². The van der Waals surface area contributed by atoms with Crippen LogP contribution in [-0.2, 0) is 27.2 Å². The molecule has 0 saturated carbocycles. The van der Waals surface area contributed by atoms with Crippen LogP contribution >= 0.6 is 0 Å². The van der Waals surface area contributed by atoms with Gasteiger partial charge in [-0.25, -0.2) is 0 Å². The van der Waals surface area contributed by atoms with E-state index in [2.05, 4.69) is 4.98 Å². The summed E-state index contributed by atoms with van der Waals surface area (Å²) >= 11 is -0.946. The quantitative estimate of drug-likeness (QED) is 0.437. The van der Waals surface area contributed by atoms with Crippen molar-refractivity contribution in [3.63, 3.8) is 0 Å². The third kappa shape index (κ3) is 7.14. The van der Waals surface area contributed by atoms with E-state index in [1.165, 1.54) is 6.26 Å². The van der Waals surface area contributed by atoms with Crippen LogP contribution in [0.1, 0.15) is 12.0 Å². The van der Waals surface area contributed by atoms with Gasteiger partial charge in [-0.1, -0.05) is 29.4 Å². The number of para-hydroxylation sites is 1. The van der Waals surface area contributed by atoms with Crippen LogP contribution in [0.15, 0.2) is 30.5 Å². The van der Waals surface area contributed by atoms with Gasteiger partial charge in [-0.2, -0.15) is 0 Å². The Morgan fingerprint density at radius 2 is 1.80 bits per heavy atom. The van der Waals surface area contributed by atoms with Crippen molar-refractivity contribution in [1.29, 1.82) is 0 Å². The lowest BCUT2D eigenvalue weighted by Crippen LogP contribution is -2.32. The Morgan fingerprint density at radius 1 is 1.20 bits per heavy atom. The minimum absolute atomic E-state index is 0.276. The van der Waals surface area contributed by atoms with Gasteiger partial charge in [0, 0.05) is 29.9 Å². The molecule has 0 fully saturated rings. The molecule has 0 amide bonds. The Morgan fingerprint density at radius 3 is 2.36 bits per heavy atom. The number of nitrogens with two attached hydrogens (primary N) is 2. The maximum atomic E-state index is 10.6. The van der Waals surface area contributed by atoms with Gasteiger partial charge in [-0.05, 0) is 11.6 Å². The topological polar surface area (TPSA) is 165 Å². The summed E-state index contributed by atoms with van der Waals surface area (Å²) in [5.41, 5.74) is 12.6. The highest BCUT2D eigenvalue weighted by Gasteiger charge is 2.14. The van der Waals surface area contributed by atoms with Gasteiger partial charge in [-0.3, -0.25) is 9.59 Å². The minimum atomic E-state index is -1.04. The van der Waals surface area contributed by atoms with Gasteiger partial charge in [0.15, 0.2) is 0 Å². The van der Waals surface area contributed by atoms with Crippen LogP contribution in [0.3, 0.4) is 0 Å². The second-order valence-corrected chi connectivity index (χ2v) is 7.07. The summed E-state index contributed by atoms with van der Waals surface area (Å²) < 4.78 is 10.4. The van der Waals surface area contributed by atoms with Crippen LogP contribution < -0.4 is 11.5 Å². The highest BCUT2D eigenvalue weighted by Crippen LogP contribution is 2.18. The van der Waals surface area contributed by atoms with Crippen molar-refractivity contribution >= 4 is 34.0 Å². The molecule has 0 aliphatic rings. The Bertz CT molecular complexity index is 704. The predicted octanol–water partition coefficient (Wildman–Crippen LogP) is 0.289. The molecule has 8 nitrogen and oxygen atoms in total. The third-order valence-corrected chi connectivity index (χ3v) is 4.28. The first-order valence-electron chi connectivity index (χ1n) is 7.54. The normalized spacial score (nSPS) is 14.2. The van der Waals surface area contributed by atoms with Crippen molar-refractivity contribution in [2.45, 2.75) is 24.9 Å². The van der Waals surface area contributed by atoms with E-state index in [0.29, 0.717) is 12.2 Å². The number of aromatic amines is 1. The Hall–Kier alpha value is -2.07. The summed E-state index contributed by atoms with van der Waals surface area (Å²) in [7, 11) is 0. The van der Waals surface area contributed by atoms with Crippen molar-refractivity contribution in [3.8, 4) is 0 Å². The van der Waals surface area contributed by atoms with Crippen molar-refractivity contribution < 1.29 is 24.4 Å². The molecule has 1 heterocycles. The Balaban J connectivity index is 0.000000275. The highest BCUT2D eigenvalue weighted by molar-refractivity contribution is 7.90. The molecule has 3 unspecified atom stereocenters. The number of hydrogen-bond acceptors (Lipinski definition) is 5. The second kappa shape index (κ2) is 10.0. The molecule has 138 valence electrons. The van der Waals surface area contributed by atoms with Crippen LogP contribution in [-0.4, -0.2) is 55.8 Å². The lowest BCUT2D eigenvalue weighted by Gasteiger charge is -2.06. The lowest BCUT2D eigenvalue weighted by molar-refractivity contribution is -0.139. The number of carbonyl (C=O) groups is 2. The zero-order chi connectivity index (χ0) is 19.0. The van der Waals surface area contributed by atoms with E-state index < -0.39 is 35.2 Å². The van der Waals surface area contributed by atoms with Crippen molar-refractivity contribution in [1.82, 2.24) is 4.98 Å². The molecule has 2 aromatic rings. The monoisotopic (exact) mass is 369 g/mol. The number of fused-ring (bicyclic) bond motifs is 1. The molecule has 0 aliphatic heterocycles. The molecule has 0 aliphatic carbocycles. The fraction of sp³-hybridized carbons (Fsp3) is 0.375. The number of hydrogen-bond donors (Lipinski definition) is 5. The molecule has 7 N–H and O–H groups in total. The van der Waals surface area contributed by atoms with Crippen molar-refractivity contribution in [2.24, 2.45) is 11.5 Å². The molecular weight excluding hydrogens is 346 g/mol. The number of aliphatic carboxylic acids is 2. The maximum absolute atomic E-state index is 10.6. The molecule has 3 atom stereocenters.